The molecule has 1 amide bonds. The largest absolute Gasteiger partial charge is 0.467 e. The molecule has 0 fully saturated rings. The van der Waals surface area contributed by atoms with Crippen molar-refractivity contribution in [2.45, 2.75) is 19.6 Å². The van der Waals surface area contributed by atoms with E-state index in [2.05, 4.69) is 15.6 Å². The minimum absolute atomic E-state index is 0. The van der Waals surface area contributed by atoms with Crippen molar-refractivity contribution in [3.8, 4) is 5.75 Å². The summed E-state index contributed by atoms with van der Waals surface area (Å²) in [6.07, 6.45) is 0.585. The lowest BCUT2D eigenvalue weighted by Crippen LogP contribution is -2.38. The third kappa shape index (κ3) is 6.79. The third-order valence-electron chi connectivity index (χ3n) is 4.73. The Morgan fingerprint density at radius 2 is 1.94 bits per heavy atom. The van der Waals surface area contributed by atoms with Crippen LogP contribution in [0.5, 0.6) is 5.75 Å². The van der Waals surface area contributed by atoms with Crippen molar-refractivity contribution in [2.75, 3.05) is 34.5 Å². The van der Waals surface area contributed by atoms with Crippen molar-refractivity contribution < 1.29 is 18.7 Å². The van der Waals surface area contributed by atoms with Gasteiger partial charge in [-0.1, -0.05) is 12.1 Å². The Kier molecular flexibility index (Phi) is 9.50. The first kappa shape index (κ1) is 24.9. The summed E-state index contributed by atoms with van der Waals surface area (Å²) in [4.78, 5) is 17.7. The summed E-state index contributed by atoms with van der Waals surface area (Å²) in [7, 11) is 5.15. The van der Waals surface area contributed by atoms with E-state index < -0.39 is 0 Å². The van der Waals surface area contributed by atoms with Crippen LogP contribution in [0.2, 0.25) is 0 Å². The van der Waals surface area contributed by atoms with Gasteiger partial charge in [0.25, 0.3) is 5.91 Å². The quantitative estimate of drug-likeness (QED) is 0.334. The molecule has 1 aliphatic rings. The Labute approximate surface area is 199 Å². The first-order chi connectivity index (χ1) is 14.5. The summed E-state index contributed by atoms with van der Waals surface area (Å²) in [5, 5.41) is 6.46. The third-order valence-corrected chi connectivity index (χ3v) is 4.73. The van der Waals surface area contributed by atoms with E-state index in [0.717, 1.165) is 16.7 Å². The van der Waals surface area contributed by atoms with Gasteiger partial charge in [0.1, 0.15) is 11.6 Å². The number of fused-ring (bicyclic) bond motifs is 1. The molecule has 0 aromatic heterocycles. The maximum atomic E-state index is 13.8. The average molecular weight is 542 g/mol. The van der Waals surface area contributed by atoms with E-state index in [1.165, 1.54) is 12.1 Å². The highest BCUT2D eigenvalue weighted by Gasteiger charge is 2.16. The fourth-order valence-electron chi connectivity index (χ4n) is 3.19. The van der Waals surface area contributed by atoms with Crippen LogP contribution in [0.4, 0.5) is 4.39 Å². The van der Waals surface area contributed by atoms with Gasteiger partial charge in [0.05, 0.1) is 6.61 Å². The zero-order valence-electron chi connectivity index (χ0n) is 17.9. The number of ether oxygens (including phenoxy) is 2. The van der Waals surface area contributed by atoms with Gasteiger partial charge in [0, 0.05) is 45.4 Å². The molecule has 2 aromatic rings. The van der Waals surface area contributed by atoms with Crippen molar-refractivity contribution in [1.29, 1.82) is 0 Å². The summed E-state index contributed by atoms with van der Waals surface area (Å²) < 4.78 is 24.6. The van der Waals surface area contributed by atoms with Crippen LogP contribution in [-0.2, 0) is 24.3 Å². The van der Waals surface area contributed by atoms with E-state index in [0.29, 0.717) is 43.4 Å². The number of aliphatic imine (C=N–C) groups is 1. The van der Waals surface area contributed by atoms with E-state index in [4.69, 9.17) is 9.47 Å². The molecule has 0 atom stereocenters. The van der Waals surface area contributed by atoms with E-state index in [-0.39, 0.29) is 42.5 Å². The number of halogens is 2. The Balaban J connectivity index is 0.00000341. The van der Waals surface area contributed by atoms with Crippen LogP contribution in [0.1, 0.15) is 27.0 Å². The highest BCUT2D eigenvalue weighted by molar-refractivity contribution is 14.0. The lowest BCUT2D eigenvalue weighted by atomic mass is 10.1. The smallest absolute Gasteiger partial charge is 0.253 e. The maximum absolute atomic E-state index is 13.8. The van der Waals surface area contributed by atoms with Gasteiger partial charge in [-0.2, -0.15) is 0 Å². The molecule has 9 heteroatoms. The monoisotopic (exact) mass is 542 g/mol. The predicted molar refractivity (Wildman–Crippen MR) is 128 cm³/mol. The summed E-state index contributed by atoms with van der Waals surface area (Å²) in [5.74, 6) is 1.02. The highest BCUT2D eigenvalue weighted by Crippen LogP contribution is 2.29. The molecule has 0 saturated heterocycles. The topological polar surface area (TPSA) is 75.2 Å². The van der Waals surface area contributed by atoms with Gasteiger partial charge in [-0.25, -0.2) is 4.39 Å². The maximum Gasteiger partial charge on any atom is 0.253 e. The minimum Gasteiger partial charge on any atom is -0.467 e. The number of benzene rings is 2. The molecule has 0 unspecified atom stereocenters. The van der Waals surface area contributed by atoms with E-state index in [1.807, 2.05) is 24.3 Å². The standard InChI is InChI=1S/C22H27FN4O3.HI/c1-24-22(26-12-15-4-6-16(7-5-15)21(28)27(2)3)25-9-8-17-10-19(23)11-18-13-29-14-30-20(17)18;/h4-7,10-11H,8-9,12-14H2,1-3H3,(H2,24,25,26);1H. The Bertz CT molecular complexity index is 920. The van der Waals surface area contributed by atoms with Crippen molar-refractivity contribution in [3.05, 3.63) is 64.5 Å². The molecule has 168 valence electrons. The lowest BCUT2D eigenvalue weighted by molar-refractivity contribution is -0.0172. The first-order valence-electron chi connectivity index (χ1n) is 9.75. The molecule has 7 nitrogen and oxygen atoms in total. The second-order valence-electron chi connectivity index (χ2n) is 7.16. The second-order valence-corrected chi connectivity index (χ2v) is 7.16. The summed E-state index contributed by atoms with van der Waals surface area (Å²) in [6, 6.07) is 10.4. The average Bonchev–Trinajstić information content (AvgIpc) is 2.75. The number of hydrogen-bond acceptors (Lipinski definition) is 4. The van der Waals surface area contributed by atoms with E-state index >= 15 is 0 Å². The molecule has 1 heterocycles. The van der Waals surface area contributed by atoms with Crippen LogP contribution in [0, 0.1) is 5.82 Å². The summed E-state index contributed by atoms with van der Waals surface area (Å²) in [6.45, 7) is 1.67. The molecule has 0 radical (unpaired) electrons. The highest BCUT2D eigenvalue weighted by atomic mass is 127. The zero-order chi connectivity index (χ0) is 21.5. The Hall–Kier alpha value is -2.40. The minimum atomic E-state index is -0.295. The van der Waals surface area contributed by atoms with Crippen molar-refractivity contribution in [1.82, 2.24) is 15.5 Å². The number of nitrogens with zero attached hydrogens (tertiary/aromatic N) is 2. The van der Waals surface area contributed by atoms with Gasteiger partial charge in [-0.3, -0.25) is 9.79 Å². The van der Waals surface area contributed by atoms with Crippen LogP contribution in [0.3, 0.4) is 0 Å². The summed E-state index contributed by atoms with van der Waals surface area (Å²) >= 11 is 0. The molecular weight excluding hydrogens is 514 g/mol. The van der Waals surface area contributed by atoms with Crippen molar-refractivity contribution in [2.24, 2.45) is 4.99 Å². The van der Waals surface area contributed by atoms with Crippen LogP contribution in [0.25, 0.3) is 0 Å². The number of nitrogens with one attached hydrogen (secondary N) is 2. The Morgan fingerprint density at radius 3 is 2.61 bits per heavy atom. The fourth-order valence-corrected chi connectivity index (χ4v) is 3.19. The lowest BCUT2D eigenvalue weighted by Gasteiger charge is -2.21. The molecule has 2 aromatic carbocycles. The number of carbonyl (C=O) groups excluding carboxylic acids is 1. The van der Waals surface area contributed by atoms with Gasteiger partial charge < -0.3 is 25.0 Å². The van der Waals surface area contributed by atoms with Crippen LogP contribution in [0.15, 0.2) is 41.4 Å². The fraction of sp³-hybridized carbons (Fsp3) is 0.364. The molecule has 31 heavy (non-hydrogen) atoms. The molecular formula is C22H28FIN4O3. The predicted octanol–water partition coefficient (Wildman–Crippen LogP) is 2.92. The number of rotatable bonds is 6. The summed E-state index contributed by atoms with van der Waals surface area (Å²) in [5.41, 5.74) is 3.21. The second kappa shape index (κ2) is 11.8. The SMILES string of the molecule is CN=C(NCCc1cc(F)cc2c1OCOC2)NCc1ccc(C(=O)N(C)C)cc1.I. The normalized spacial score (nSPS) is 12.8. The molecule has 2 N–H and O–H groups in total. The number of hydrogen-bond donors (Lipinski definition) is 2. The molecule has 0 bridgehead atoms. The molecule has 0 aliphatic carbocycles. The van der Waals surface area contributed by atoms with Crippen molar-refractivity contribution in [3.63, 3.8) is 0 Å². The zero-order valence-corrected chi connectivity index (χ0v) is 20.2. The molecule has 0 saturated carbocycles. The van der Waals surface area contributed by atoms with E-state index in [1.54, 1.807) is 26.0 Å². The van der Waals surface area contributed by atoms with Gasteiger partial charge in [-0.05, 0) is 41.8 Å². The van der Waals surface area contributed by atoms with Gasteiger partial charge in [-0.15, -0.1) is 24.0 Å². The van der Waals surface area contributed by atoms with Crippen LogP contribution >= 0.6 is 24.0 Å². The number of carbonyl (C=O) groups is 1. The number of guanidine groups is 1. The van der Waals surface area contributed by atoms with Crippen molar-refractivity contribution >= 4 is 35.8 Å². The van der Waals surface area contributed by atoms with E-state index in [9.17, 15) is 9.18 Å². The van der Waals surface area contributed by atoms with Crippen LogP contribution < -0.4 is 15.4 Å². The molecule has 1 aliphatic heterocycles. The number of amides is 1. The molecule has 3 rings (SSSR count). The molecule has 0 spiro atoms. The van der Waals surface area contributed by atoms with Gasteiger partial charge in [0.15, 0.2) is 12.8 Å². The van der Waals surface area contributed by atoms with Crippen LogP contribution in [-0.4, -0.2) is 51.2 Å². The Morgan fingerprint density at radius 1 is 1.19 bits per heavy atom. The first-order valence-corrected chi connectivity index (χ1v) is 9.75. The van der Waals surface area contributed by atoms with Gasteiger partial charge in [0.2, 0.25) is 0 Å². The van der Waals surface area contributed by atoms with Gasteiger partial charge >= 0.3 is 0 Å².